The first kappa shape index (κ1) is 18.7. The van der Waals surface area contributed by atoms with Crippen molar-refractivity contribution in [1.82, 2.24) is 20.4 Å². The van der Waals surface area contributed by atoms with Gasteiger partial charge in [-0.3, -0.25) is 14.4 Å². The number of amides is 3. The van der Waals surface area contributed by atoms with Crippen molar-refractivity contribution in [3.63, 3.8) is 0 Å². The summed E-state index contributed by atoms with van der Waals surface area (Å²) in [5.74, 6) is -0.889. The average Bonchev–Trinajstić information content (AvgIpc) is 2.47. The van der Waals surface area contributed by atoms with Crippen LogP contribution in [0.5, 0.6) is 0 Å². The van der Waals surface area contributed by atoms with E-state index in [2.05, 4.69) is 17.6 Å². The predicted octanol–water partition coefficient (Wildman–Crippen LogP) is -0.787. The first-order chi connectivity index (χ1) is 10.0. The van der Waals surface area contributed by atoms with Crippen LogP contribution in [0.1, 0.15) is 20.3 Å². The Morgan fingerprint density at radius 2 is 1.91 bits per heavy atom. The van der Waals surface area contributed by atoms with Crippen molar-refractivity contribution in [3.8, 4) is 0 Å². The third-order valence-electron chi connectivity index (χ3n) is 4.25. The molecule has 7 nitrogen and oxygen atoms in total. The zero-order chi connectivity index (χ0) is 15.4. The number of likely N-dealkylation sites (N-methyl/N-ethyl adjacent to an activating group) is 1. The largest absolute Gasteiger partial charge is 0.351 e. The highest BCUT2D eigenvalue weighted by Crippen LogP contribution is 2.10. The van der Waals surface area contributed by atoms with Crippen molar-refractivity contribution < 1.29 is 14.4 Å². The van der Waals surface area contributed by atoms with E-state index < -0.39 is 11.8 Å². The van der Waals surface area contributed by atoms with Crippen molar-refractivity contribution in [2.75, 3.05) is 39.3 Å². The molecule has 2 atom stereocenters. The monoisotopic (exact) mass is 332 g/mol. The number of piperazine rings is 1. The van der Waals surface area contributed by atoms with Gasteiger partial charge in [-0.2, -0.15) is 0 Å². The first-order valence-corrected chi connectivity index (χ1v) is 7.61. The zero-order valence-electron chi connectivity index (χ0n) is 13.1. The van der Waals surface area contributed by atoms with Crippen LogP contribution in [0.3, 0.4) is 0 Å². The minimum atomic E-state index is -0.573. The second kappa shape index (κ2) is 8.33. The second-order valence-electron chi connectivity index (χ2n) is 5.76. The van der Waals surface area contributed by atoms with Gasteiger partial charge in [0.15, 0.2) is 0 Å². The van der Waals surface area contributed by atoms with Gasteiger partial charge in [-0.05, 0) is 32.4 Å². The molecule has 3 amide bonds. The number of hydrogen-bond acceptors (Lipinski definition) is 4. The Labute approximate surface area is 137 Å². The molecule has 2 N–H and O–H groups in total. The number of carbonyl (C=O) groups excluding carboxylic acids is 3. The smallest absolute Gasteiger partial charge is 0.312 e. The number of nitrogens with one attached hydrogen (secondary N) is 2. The van der Waals surface area contributed by atoms with Crippen LogP contribution >= 0.6 is 12.4 Å². The molecule has 0 spiro atoms. The zero-order valence-corrected chi connectivity index (χ0v) is 13.9. The molecule has 2 aliphatic rings. The molecule has 126 valence electrons. The lowest BCUT2D eigenvalue weighted by Gasteiger charge is -2.34. The lowest BCUT2D eigenvalue weighted by atomic mass is 9.95. The Morgan fingerprint density at radius 1 is 1.27 bits per heavy atom. The van der Waals surface area contributed by atoms with Gasteiger partial charge in [0.2, 0.25) is 5.91 Å². The molecule has 0 aromatic carbocycles. The molecule has 0 saturated carbocycles. The van der Waals surface area contributed by atoms with E-state index in [9.17, 15) is 14.4 Å². The molecule has 8 heteroatoms. The molecular weight excluding hydrogens is 308 g/mol. The van der Waals surface area contributed by atoms with Crippen molar-refractivity contribution in [1.29, 1.82) is 0 Å². The van der Waals surface area contributed by atoms with E-state index in [0.29, 0.717) is 25.6 Å². The van der Waals surface area contributed by atoms with Crippen LogP contribution in [0.4, 0.5) is 0 Å². The van der Waals surface area contributed by atoms with E-state index in [4.69, 9.17) is 0 Å². The molecule has 2 aliphatic heterocycles. The second-order valence-corrected chi connectivity index (χ2v) is 5.76. The van der Waals surface area contributed by atoms with E-state index in [0.717, 1.165) is 19.5 Å². The fourth-order valence-corrected chi connectivity index (χ4v) is 2.82. The summed E-state index contributed by atoms with van der Waals surface area (Å²) < 4.78 is 0. The van der Waals surface area contributed by atoms with Gasteiger partial charge in [0.1, 0.15) is 6.54 Å². The van der Waals surface area contributed by atoms with E-state index in [1.54, 1.807) is 0 Å². The van der Waals surface area contributed by atoms with Gasteiger partial charge < -0.3 is 20.4 Å². The van der Waals surface area contributed by atoms with E-state index >= 15 is 0 Å². The van der Waals surface area contributed by atoms with Gasteiger partial charge in [-0.1, -0.05) is 6.92 Å². The topological polar surface area (TPSA) is 81.8 Å². The van der Waals surface area contributed by atoms with Crippen LogP contribution in [0.2, 0.25) is 0 Å². The van der Waals surface area contributed by atoms with E-state index in [-0.39, 0.29) is 30.9 Å². The molecule has 0 aromatic rings. The summed E-state index contributed by atoms with van der Waals surface area (Å²) in [6.07, 6.45) is 0.892. The normalized spacial score (nSPS) is 25.7. The van der Waals surface area contributed by atoms with Crippen LogP contribution in [0, 0.1) is 5.92 Å². The first-order valence-electron chi connectivity index (χ1n) is 7.61. The summed E-state index contributed by atoms with van der Waals surface area (Å²) in [5.41, 5.74) is 0. The lowest BCUT2D eigenvalue weighted by Crippen LogP contribution is -2.57. The predicted molar refractivity (Wildman–Crippen MR) is 84.7 cm³/mol. The molecule has 0 aromatic heterocycles. The summed E-state index contributed by atoms with van der Waals surface area (Å²) in [6, 6.07) is 0.140. The van der Waals surface area contributed by atoms with Crippen LogP contribution in [-0.2, 0) is 14.4 Å². The van der Waals surface area contributed by atoms with Crippen molar-refractivity contribution in [2.45, 2.75) is 26.3 Å². The number of carbonyl (C=O) groups is 3. The maximum Gasteiger partial charge on any atom is 0.312 e. The Hall–Kier alpha value is -1.34. The van der Waals surface area contributed by atoms with Crippen LogP contribution < -0.4 is 10.6 Å². The summed E-state index contributed by atoms with van der Waals surface area (Å²) in [4.78, 5) is 38.6. The summed E-state index contributed by atoms with van der Waals surface area (Å²) >= 11 is 0. The summed E-state index contributed by atoms with van der Waals surface area (Å²) in [6.45, 7) is 7.12. The standard InChI is InChI=1S/C14H24N4O3.ClH/c1-3-17-6-7-18(14(21)13(17)20)9-12(19)16-11-4-5-15-8-10(11)2;/h10-11,15H,3-9H2,1-2H3,(H,16,19);1H. The van der Waals surface area contributed by atoms with Crippen molar-refractivity contribution in [3.05, 3.63) is 0 Å². The van der Waals surface area contributed by atoms with Gasteiger partial charge >= 0.3 is 11.8 Å². The van der Waals surface area contributed by atoms with E-state index in [1.807, 2.05) is 6.92 Å². The Kier molecular flexibility index (Phi) is 7.09. The molecule has 2 fully saturated rings. The average molecular weight is 333 g/mol. The summed E-state index contributed by atoms with van der Waals surface area (Å²) in [7, 11) is 0. The summed E-state index contributed by atoms with van der Waals surface area (Å²) in [5, 5.41) is 6.26. The van der Waals surface area contributed by atoms with E-state index in [1.165, 1.54) is 9.80 Å². The lowest BCUT2D eigenvalue weighted by molar-refractivity contribution is -0.156. The molecule has 2 unspecified atom stereocenters. The SMILES string of the molecule is CCN1CCN(CC(=O)NC2CCNCC2C)C(=O)C1=O.Cl. The maximum absolute atomic E-state index is 12.1. The van der Waals surface area contributed by atoms with Crippen molar-refractivity contribution >= 4 is 30.1 Å². The third-order valence-corrected chi connectivity index (χ3v) is 4.25. The van der Waals surface area contributed by atoms with Gasteiger partial charge in [0.25, 0.3) is 0 Å². The van der Waals surface area contributed by atoms with Gasteiger partial charge in [-0.25, -0.2) is 0 Å². The van der Waals surface area contributed by atoms with Crippen LogP contribution in [0.25, 0.3) is 0 Å². The molecule has 2 saturated heterocycles. The number of nitrogens with zero attached hydrogens (tertiary/aromatic N) is 2. The molecule has 0 bridgehead atoms. The number of rotatable bonds is 4. The fraction of sp³-hybridized carbons (Fsp3) is 0.786. The van der Waals surface area contributed by atoms with Crippen LogP contribution in [0.15, 0.2) is 0 Å². The minimum Gasteiger partial charge on any atom is -0.351 e. The number of hydrogen-bond donors (Lipinski definition) is 2. The molecule has 0 radical (unpaired) electrons. The Balaban J connectivity index is 0.00000242. The minimum absolute atomic E-state index is 0. The highest BCUT2D eigenvalue weighted by Gasteiger charge is 2.33. The molecule has 2 rings (SSSR count). The highest BCUT2D eigenvalue weighted by atomic mass is 35.5. The number of halogens is 1. The number of piperidine rings is 1. The molecule has 0 aliphatic carbocycles. The fourth-order valence-electron chi connectivity index (χ4n) is 2.82. The highest BCUT2D eigenvalue weighted by molar-refractivity contribution is 6.35. The molecule has 22 heavy (non-hydrogen) atoms. The molecular formula is C14H25ClN4O3. The quantitative estimate of drug-likeness (QED) is 0.661. The van der Waals surface area contributed by atoms with Crippen LogP contribution in [-0.4, -0.2) is 72.8 Å². The third kappa shape index (κ3) is 4.33. The van der Waals surface area contributed by atoms with Gasteiger partial charge in [0.05, 0.1) is 0 Å². The van der Waals surface area contributed by atoms with Crippen molar-refractivity contribution in [2.24, 2.45) is 5.92 Å². The Bertz CT molecular complexity index is 432. The maximum atomic E-state index is 12.1. The Morgan fingerprint density at radius 3 is 2.55 bits per heavy atom. The molecule has 2 heterocycles. The van der Waals surface area contributed by atoms with Gasteiger partial charge in [-0.15, -0.1) is 12.4 Å². The van der Waals surface area contributed by atoms with Gasteiger partial charge in [0, 0.05) is 25.7 Å².